The molecule has 1 atom stereocenters. The summed E-state index contributed by atoms with van der Waals surface area (Å²) < 4.78 is 40.8. The minimum atomic E-state index is -4.23. The molecule has 0 aromatic carbocycles. The summed E-state index contributed by atoms with van der Waals surface area (Å²) in [5.41, 5.74) is 0. The van der Waals surface area contributed by atoms with Crippen molar-refractivity contribution in [1.29, 1.82) is 0 Å². The summed E-state index contributed by atoms with van der Waals surface area (Å²) in [6, 6.07) is 0.408. The molecular weight excluding hydrogens is 295 g/mol. The molecule has 0 saturated carbocycles. The summed E-state index contributed by atoms with van der Waals surface area (Å²) >= 11 is 0. The molecule has 2 aliphatic heterocycles. The van der Waals surface area contributed by atoms with Crippen molar-refractivity contribution in [1.82, 2.24) is 25.0 Å². The van der Waals surface area contributed by atoms with Crippen LogP contribution in [0.4, 0.5) is 13.2 Å². The number of aromatic nitrogens is 3. The van der Waals surface area contributed by atoms with E-state index in [2.05, 4.69) is 27.5 Å². The van der Waals surface area contributed by atoms with Crippen LogP contribution in [0.1, 0.15) is 43.3 Å². The second-order valence-corrected chi connectivity index (χ2v) is 6.32. The Morgan fingerprint density at radius 2 is 1.86 bits per heavy atom. The number of piperidine rings is 1. The quantitative estimate of drug-likeness (QED) is 0.925. The Morgan fingerprint density at radius 3 is 2.55 bits per heavy atom. The maximum atomic E-state index is 13.0. The third-order valence-electron chi connectivity index (χ3n) is 4.70. The first kappa shape index (κ1) is 15.7. The van der Waals surface area contributed by atoms with E-state index >= 15 is 0 Å². The molecule has 3 heterocycles. The lowest BCUT2D eigenvalue weighted by atomic mass is 9.98. The van der Waals surface area contributed by atoms with Crippen LogP contribution >= 0.6 is 0 Å². The lowest BCUT2D eigenvalue weighted by Crippen LogP contribution is -2.41. The highest BCUT2D eigenvalue weighted by Crippen LogP contribution is 2.40. The predicted molar refractivity (Wildman–Crippen MR) is 75.4 cm³/mol. The Kier molecular flexibility index (Phi) is 4.40. The van der Waals surface area contributed by atoms with Gasteiger partial charge in [-0.1, -0.05) is 0 Å². The van der Waals surface area contributed by atoms with Gasteiger partial charge in [-0.05, 0) is 45.8 Å². The lowest BCUT2D eigenvalue weighted by molar-refractivity contribution is -0.156. The second-order valence-electron chi connectivity index (χ2n) is 6.32. The fourth-order valence-corrected chi connectivity index (χ4v) is 3.32. The van der Waals surface area contributed by atoms with Crippen molar-refractivity contribution in [3.63, 3.8) is 0 Å². The molecule has 1 N–H and O–H groups in total. The van der Waals surface area contributed by atoms with Gasteiger partial charge in [0.1, 0.15) is 17.6 Å². The molecule has 0 spiro atoms. The van der Waals surface area contributed by atoms with Crippen LogP contribution in [-0.4, -0.2) is 52.0 Å². The molecule has 5 nitrogen and oxygen atoms in total. The maximum Gasteiger partial charge on any atom is 0.398 e. The number of hydrogen-bond donors (Lipinski definition) is 1. The van der Waals surface area contributed by atoms with Gasteiger partial charge in [0, 0.05) is 12.6 Å². The number of rotatable bonds is 3. The van der Waals surface area contributed by atoms with Crippen LogP contribution in [0.2, 0.25) is 0 Å². The van der Waals surface area contributed by atoms with Crippen molar-refractivity contribution in [3.8, 4) is 0 Å². The van der Waals surface area contributed by atoms with Crippen molar-refractivity contribution in [2.75, 3.05) is 20.1 Å². The topological polar surface area (TPSA) is 46.0 Å². The third-order valence-corrected chi connectivity index (χ3v) is 4.70. The van der Waals surface area contributed by atoms with E-state index in [0.717, 1.165) is 25.9 Å². The normalized spacial score (nSPS) is 24.5. The van der Waals surface area contributed by atoms with E-state index in [9.17, 15) is 13.2 Å². The smallest absolute Gasteiger partial charge is 0.313 e. The van der Waals surface area contributed by atoms with Crippen molar-refractivity contribution in [3.05, 3.63) is 11.6 Å². The van der Waals surface area contributed by atoms with Gasteiger partial charge in [0.05, 0.1) is 6.54 Å². The minimum Gasteiger partial charge on any atom is -0.313 e. The minimum absolute atomic E-state index is 0.0823. The van der Waals surface area contributed by atoms with Gasteiger partial charge < -0.3 is 14.8 Å². The number of fused-ring (bicyclic) bond motifs is 1. The highest BCUT2D eigenvalue weighted by Gasteiger charge is 2.45. The Balaban J connectivity index is 1.65. The van der Waals surface area contributed by atoms with Gasteiger partial charge in [-0.3, -0.25) is 0 Å². The van der Waals surface area contributed by atoms with Crippen molar-refractivity contribution < 1.29 is 13.2 Å². The molecule has 2 aliphatic rings. The fraction of sp³-hybridized carbons (Fsp3) is 0.857. The Bertz CT molecular complexity index is 505. The average molecular weight is 317 g/mol. The summed E-state index contributed by atoms with van der Waals surface area (Å²) in [4.78, 5) is 2.28. The Hall–Kier alpha value is -1.15. The van der Waals surface area contributed by atoms with Crippen LogP contribution in [0.5, 0.6) is 0 Å². The van der Waals surface area contributed by atoms with E-state index in [1.54, 1.807) is 4.57 Å². The second kappa shape index (κ2) is 6.16. The number of halogens is 3. The first-order valence-electron chi connectivity index (χ1n) is 7.86. The number of nitrogens with zero attached hydrogens (tertiary/aromatic N) is 4. The van der Waals surface area contributed by atoms with Gasteiger partial charge in [0.25, 0.3) is 0 Å². The Morgan fingerprint density at radius 1 is 1.14 bits per heavy atom. The van der Waals surface area contributed by atoms with E-state index in [1.165, 1.54) is 0 Å². The molecule has 1 saturated heterocycles. The fourth-order valence-electron chi connectivity index (χ4n) is 3.32. The monoisotopic (exact) mass is 317 g/mol. The molecule has 1 unspecified atom stereocenters. The zero-order chi connectivity index (χ0) is 15.7. The van der Waals surface area contributed by atoms with Gasteiger partial charge in [-0.15, -0.1) is 10.2 Å². The third kappa shape index (κ3) is 3.27. The van der Waals surface area contributed by atoms with E-state index in [0.29, 0.717) is 31.4 Å². The summed E-state index contributed by atoms with van der Waals surface area (Å²) in [7, 11) is 2.10. The molecule has 0 aliphatic carbocycles. The van der Waals surface area contributed by atoms with Crippen LogP contribution in [0.15, 0.2) is 0 Å². The molecule has 3 rings (SSSR count). The standard InChI is InChI=1S/C14H22F3N5/c1-21-7-4-10(5-8-21)18-9-12-19-20-13-11(14(15,16)17)3-2-6-22(12)13/h10-11,18H,2-9H2,1H3. The summed E-state index contributed by atoms with van der Waals surface area (Å²) in [6.45, 7) is 3.17. The molecule has 8 heteroatoms. The molecule has 0 radical (unpaired) electrons. The molecular formula is C14H22F3N5. The number of likely N-dealkylation sites (tertiary alicyclic amines) is 1. The van der Waals surface area contributed by atoms with Crippen molar-refractivity contribution in [2.45, 2.75) is 56.9 Å². The van der Waals surface area contributed by atoms with Gasteiger partial charge in [-0.2, -0.15) is 13.2 Å². The van der Waals surface area contributed by atoms with Crippen LogP contribution in [0.3, 0.4) is 0 Å². The molecule has 1 aromatic rings. The zero-order valence-electron chi connectivity index (χ0n) is 12.7. The first-order valence-corrected chi connectivity index (χ1v) is 7.86. The molecule has 1 fully saturated rings. The maximum absolute atomic E-state index is 13.0. The largest absolute Gasteiger partial charge is 0.398 e. The van der Waals surface area contributed by atoms with E-state index in [1.807, 2.05) is 0 Å². The van der Waals surface area contributed by atoms with Crippen LogP contribution in [0, 0.1) is 0 Å². The Labute approximate surface area is 127 Å². The van der Waals surface area contributed by atoms with Crippen molar-refractivity contribution >= 4 is 0 Å². The SMILES string of the molecule is CN1CCC(NCc2nnc3n2CCCC3C(F)(F)F)CC1. The first-order chi connectivity index (χ1) is 10.4. The summed E-state index contributed by atoms with van der Waals surface area (Å²) in [5.74, 6) is -0.757. The zero-order valence-corrected chi connectivity index (χ0v) is 12.7. The molecule has 124 valence electrons. The van der Waals surface area contributed by atoms with Gasteiger partial charge in [0.2, 0.25) is 0 Å². The molecule has 0 amide bonds. The number of nitrogens with one attached hydrogen (secondary N) is 1. The average Bonchev–Trinajstić information content (AvgIpc) is 2.89. The van der Waals surface area contributed by atoms with E-state index in [4.69, 9.17) is 0 Å². The van der Waals surface area contributed by atoms with Crippen LogP contribution in [0.25, 0.3) is 0 Å². The molecule has 0 bridgehead atoms. The van der Waals surface area contributed by atoms with E-state index < -0.39 is 12.1 Å². The summed E-state index contributed by atoms with van der Waals surface area (Å²) in [5, 5.41) is 11.2. The van der Waals surface area contributed by atoms with Crippen LogP contribution < -0.4 is 5.32 Å². The van der Waals surface area contributed by atoms with Gasteiger partial charge in [-0.25, -0.2) is 0 Å². The molecule has 1 aromatic heterocycles. The number of hydrogen-bond acceptors (Lipinski definition) is 4. The molecule has 22 heavy (non-hydrogen) atoms. The van der Waals surface area contributed by atoms with E-state index in [-0.39, 0.29) is 12.2 Å². The summed E-state index contributed by atoms with van der Waals surface area (Å²) in [6.07, 6.45) is -1.48. The van der Waals surface area contributed by atoms with Crippen LogP contribution in [-0.2, 0) is 13.1 Å². The van der Waals surface area contributed by atoms with Crippen molar-refractivity contribution in [2.24, 2.45) is 0 Å². The highest BCUT2D eigenvalue weighted by atomic mass is 19.4. The van der Waals surface area contributed by atoms with Gasteiger partial charge in [0.15, 0.2) is 0 Å². The lowest BCUT2D eigenvalue weighted by Gasteiger charge is -2.30. The highest BCUT2D eigenvalue weighted by molar-refractivity contribution is 5.07. The number of alkyl halides is 3. The predicted octanol–water partition coefficient (Wildman–Crippen LogP) is 1.90. The van der Waals surface area contributed by atoms with Gasteiger partial charge >= 0.3 is 6.18 Å².